The molecule has 1 aliphatic heterocycles. The minimum absolute atomic E-state index is 0.0561. The molecule has 0 radical (unpaired) electrons. The summed E-state index contributed by atoms with van der Waals surface area (Å²) in [5.41, 5.74) is -1.43. The molecule has 7 heteroatoms. The van der Waals surface area contributed by atoms with Crippen LogP contribution in [0.1, 0.15) is 18.1 Å². The summed E-state index contributed by atoms with van der Waals surface area (Å²) in [4.78, 5) is 12.4. The zero-order valence-electron chi connectivity index (χ0n) is 12.7. The van der Waals surface area contributed by atoms with Crippen LogP contribution in [0.2, 0.25) is 0 Å². The largest absolute Gasteiger partial charge is 0.508 e. The molecule has 0 amide bonds. The van der Waals surface area contributed by atoms with Gasteiger partial charge in [0.1, 0.15) is 23.4 Å². The van der Waals surface area contributed by atoms with Gasteiger partial charge in [-0.3, -0.25) is 4.79 Å². The van der Waals surface area contributed by atoms with Gasteiger partial charge in [0.2, 0.25) is 5.60 Å². The van der Waals surface area contributed by atoms with Gasteiger partial charge in [0.15, 0.2) is 17.3 Å². The number of carbonyl (C=O) groups excluding carboxylic acids is 1. The Morgan fingerprint density at radius 2 is 1.79 bits per heavy atom. The molecule has 2 atom stereocenters. The number of carbonyl (C=O) groups is 1. The summed E-state index contributed by atoms with van der Waals surface area (Å²) in [7, 11) is 0. The fourth-order valence-electron chi connectivity index (χ4n) is 3.01. The molecule has 7 nitrogen and oxygen atoms in total. The molecule has 1 aliphatic rings. The van der Waals surface area contributed by atoms with E-state index in [4.69, 9.17) is 4.74 Å². The predicted octanol–water partition coefficient (Wildman–Crippen LogP) is 1.29. The summed E-state index contributed by atoms with van der Waals surface area (Å²) in [6.07, 6.45) is -1.44. The Bertz CT molecular complexity index is 830. The van der Waals surface area contributed by atoms with Gasteiger partial charge in [-0.25, -0.2) is 0 Å². The second kappa shape index (κ2) is 5.31. The Kier molecular flexibility index (Phi) is 3.53. The number of phenolic OH excluding ortho intramolecular Hbond substituents is 4. The van der Waals surface area contributed by atoms with E-state index in [0.717, 1.165) is 12.1 Å². The molecule has 0 bridgehead atoms. The van der Waals surface area contributed by atoms with Crippen LogP contribution in [-0.2, 0) is 16.8 Å². The van der Waals surface area contributed by atoms with Gasteiger partial charge in [0.05, 0.1) is 0 Å². The highest BCUT2D eigenvalue weighted by Gasteiger charge is 2.51. The Morgan fingerprint density at radius 1 is 1.08 bits per heavy atom. The molecule has 0 aliphatic carbocycles. The third-order valence-corrected chi connectivity index (χ3v) is 4.24. The zero-order valence-corrected chi connectivity index (χ0v) is 12.7. The van der Waals surface area contributed by atoms with Crippen LogP contribution in [0.15, 0.2) is 30.3 Å². The van der Waals surface area contributed by atoms with Crippen molar-refractivity contribution in [3.63, 3.8) is 0 Å². The molecule has 0 spiro atoms. The number of phenols is 4. The first-order valence-electron chi connectivity index (χ1n) is 7.21. The van der Waals surface area contributed by atoms with Crippen molar-refractivity contribution in [3.05, 3.63) is 41.5 Å². The van der Waals surface area contributed by atoms with Crippen molar-refractivity contribution in [2.75, 3.05) is 0 Å². The summed E-state index contributed by atoms with van der Waals surface area (Å²) < 4.78 is 5.72. The summed E-state index contributed by atoms with van der Waals surface area (Å²) >= 11 is 0. The third-order valence-electron chi connectivity index (χ3n) is 4.24. The van der Waals surface area contributed by atoms with Crippen LogP contribution in [0.3, 0.4) is 0 Å². The third kappa shape index (κ3) is 2.21. The number of aliphatic hydroxyl groups excluding tert-OH is 1. The number of hydrogen-bond acceptors (Lipinski definition) is 7. The molecule has 2 aromatic carbocycles. The van der Waals surface area contributed by atoms with Crippen molar-refractivity contribution >= 4 is 5.78 Å². The van der Waals surface area contributed by atoms with E-state index < -0.39 is 23.2 Å². The number of ether oxygens (including phenoxy) is 1. The molecular weight excluding hydrogens is 316 g/mol. The highest BCUT2D eigenvalue weighted by atomic mass is 16.5. The van der Waals surface area contributed by atoms with Crippen LogP contribution < -0.4 is 4.74 Å². The van der Waals surface area contributed by atoms with Gasteiger partial charge in [-0.05, 0) is 19.1 Å². The van der Waals surface area contributed by atoms with E-state index in [1.807, 2.05) is 0 Å². The number of benzene rings is 2. The Labute approximate surface area is 137 Å². The molecule has 3 rings (SSSR count). The highest BCUT2D eigenvalue weighted by Crippen LogP contribution is 2.46. The second-order valence-electron chi connectivity index (χ2n) is 5.76. The topological polar surface area (TPSA) is 127 Å². The number of ketones is 1. The standard InChI is InChI=1S/C17H16O7/c1-8(18)17(9-2-3-12(20)14(22)4-9)16(23)7-11-13(21)5-10(19)6-15(11)24-17/h2-6,16,19-23H,7H2,1H3. The number of rotatable bonds is 2. The molecule has 2 aromatic rings. The van der Waals surface area contributed by atoms with E-state index in [2.05, 4.69) is 0 Å². The minimum Gasteiger partial charge on any atom is -0.508 e. The van der Waals surface area contributed by atoms with Crippen molar-refractivity contribution in [2.24, 2.45) is 0 Å². The van der Waals surface area contributed by atoms with Crippen molar-refractivity contribution in [1.82, 2.24) is 0 Å². The molecule has 2 unspecified atom stereocenters. The van der Waals surface area contributed by atoms with Gasteiger partial charge in [-0.2, -0.15) is 0 Å². The Morgan fingerprint density at radius 3 is 2.42 bits per heavy atom. The van der Waals surface area contributed by atoms with E-state index in [1.54, 1.807) is 0 Å². The van der Waals surface area contributed by atoms with Crippen LogP contribution >= 0.6 is 0 Å². The summed E-state index contributed by atoms with van der Waals surface area (Å²) in [6, 6.07) is 6.02. The van der Waals surface area contributed by atoms with Crippen LogP contribution in [0.4, 0.5) is 0 Å². The summed E-state index contributed by atoms with van der Waals surface area (Å²) in [5.74, 6) is -1.83. The molecule has 0 aromatic heterocycles. The molecule has 0 fully saturated rings. The normalized spacial score (nSPS) is 22.5. The maximum atomic E-state index is 12.4. The molecule has 5 N–H and O–H groups in total. The van der Waals surface area contributed by atoms with E-state index >= 15 is 0 Å². The molecular formula is C17H16O7. The fourth-order valence-corrected chi connectivity index (χ4v) is 3.01. The lowest BCUT2D eigenvalue weighted by Crippen LogP contribution is -2.53. The lowest BCUT2D eigenvalue weighted by Gasteiger charge is -2.41. The van der Waals surface area contributed by atoms with Crippen LogP contribution in [-0.4, -0.2) is 37.4 Å². The minimum atomic E-state index is -1.83. The fraction of sp³-hybridized carbons (Fsp3) is 0.235. The Balaban J connectivity index is 2.20. The smallest absolute Gasteiger partial charge is 0.217 e. The van der Waals surface area contributed by atoms with Gasteiger partial charge >= 0.3 is 0 Å². The first-order valence-corrected chi connectivity index (χ1v) is 7.21. The van der Waals surface area contributed by atoms with Crippen LogP contribution in [0.25, 0.3) is 0 Å². The van der Waals surface area contributed by atoms with Gasteiger partial charge in [0.25, 0.3) is 0 Å². The van der Waals surface area contributed by atoms with Crippen LogP contribution in [0, 0.1) is 0 Å². The molecule has 126 valence electrons. The number of fused-ring (bicyclic) bond motifs is 1. The zero-order chi connectivity index (χ0) is 17.6. The van der Waals surface area contributed by atoms with Crippen molar-refractivity contribution < 1.29 is 35.1 Å². The van der Waals surface area contributed by atoms with Crippen molar-refractivity contribution in [3.8, 4) is 28.7 Å². The van der Waals surface area contributed by atoms with E-state index in [9.17, 15) is 30.3 Å². The van der Waals surface area contributed by atoms with Crippen molar-refractivity contribution in [1.29, 1.82) is 0 Å². The maximum Gasteiger partial charge on any atom is 0.217 e. The quantitative estimate of drug-likeness (QED) is 0.524. The second-order valence-corrected chi connectivity index (χ2v) is 5.76. The average molecular weight is 332 g/mol. The van der Waals surface area contributed by atoms with E-state index in [0.29, 0.717) is 0 Å². The number of aliphatic hydroxyl groups is 1. The Hall–Kier alpha value is -2.93. The number of hydrogen-bond donors (Lipinski definition) is 5. The van der Waals surface area contributed by atoms with Gasteiger partial charge in [-0.15, -0.1) is 0 Å². The lowest BCUT2D eigenvalue weighted by atomic mass is 9.79. The first-order chi connectivity index (χ1) is 11.3. The molecule has 24 heavy (non-hydrogen) atoms. The lowest BCUT2D eigenvalue weighted by molar-refractivity contribution is -0.147. The van der Waals surface area contributed by atoms with Crippen LogP contribution in [0.5, 0.6) is 28.7 Å². The maximum absolute atomic E-state index is 12.4. The highest BCUT2D eigenvalue weighted by molar-refractivity contribution is 5.88. The number of aromatic hydroxyl groups is 4. The average Bonchev–Trinajstić information content (AvgIpc) is 2.50. The number of Topliss-reactive ketones (excluding diaryl/α,β-unsaturated/α-hetero) is 1. The van der Waals surface area contributed by atoms with Crippen molar-refractivity contribution in [2.45, 2.75) is 25.0 Å². The first kappa shape index (κ1) is 15.9. The summed E-state index contributed by atoms with van der Waals surface area (Å²) in [5, 5.41) is 49.3. The van der Waals surface area contributed by atoms with Gasteiger partial charge < -0.3 is 30.3 Å². The summed E-state index contributed by atoms with van der Waals surface area (Å²) in [6.45, 7) is 1.22. The predicted molar refractivity (Wildman–Crippen MR) is 82.2 cm³/mol. The van der Waals surface area contributed by atoms with E-state index in [1.165, 1.54) is 25.1 Å². The molecule has 0 saturated carbocycles. The monoisotopic (exact) mass is 332 g/mol. The van der Waals surface area contributed by atoms with E-state index in [-0.39, 0.29) is 40.5 Å². The SMILES string of the molecule is CC(=O)C1(c2ccc(O)c(O)c2)Oc2cc(O)cc(O)c2CC1O. The molecule has 0 saturated heterocycles. The van der Waals surface area contributed by atoms with Gasteiger partial charge in [0, 0.05) is 29.7 Å². The molecule has 1 heterocycles. The van der Waals surface area contributed by atoms with Gasteiger partial charge in [-0.1, -0.05) is 6.07 Å².